The first-order chi connectivity index (χ1) is 11.7. The zero-order valence-corrected chi connectivity index (χ0v) is 12.6. The normalized spacial score (nSPS) is 10.4. The van der Waals surface area contributed by atoms with Crippen molar-refractivity contribution in [3.63, 3.8) is 0 Å². The van der Waals surface area contributed by atoms with Crippen molar-refractivity contribution in [2.75, 3.05) is 0 Å². The number of aromatic nitrogens is 2. The number of ether oxygens (including phenoxy) is 1. The van der Waals surface area contributed by atoms with Crippen molar-refractivity contribution in [3.8, 4) is 11.4 Å². The molecule has 122 valence electrons. The van der Waals surface area contributed by atoms with E-state index in [9.17, 15) is 9.18 Å². The van der Waals surface area contributed by atoms with E-state index in [1.54, 1.807) is 12.1 Å². The van der Waals surface area contributed by atoms with Crippen LogP contribution in [0, 0.1) is 5.82 Å². The highest BCUT2D eigenvalue weighted by molar-refractivity contribution is 5.67. The Balaban J connectivity index is 1.50. The molecule has 1 amide bonds. The molecule has 1 aromatic heterocycles. The Morgan fingerprint density at radius 2 is 1.88 bits per heavy atom. The lowest BCUT2D eigenvalue weighted by atomic mass is 10.2. The van der Waals surface area contributed by atoms with Crippen molar-refractivity contribution in [1.82, 2.24) is 15.5 Å². The second kappa shape index (κ2) is 7.36. The van der Waals surface area contributed by atoms with Gasteiger partial charge in [0.25, 0.3) is 0 Å². The van der Waals surface area contributed by atoms with Crippen LogP contribution < -0.4 is 5.32 Å². The number of nitrogens with zero attached hydrogens (tertiary/aromatic N) is 2. The van der Waals surface area contributed by atoms with Crippen LogP contribution in [0.4, 0.5) is 9.18 Å². The lowest BCUT2D eigenvalue weighted by Gasteiger charge is -2.05. The van der Waals surface area contributed by atoms with Crippen molar-refractivity contribution in [2.45, 2.75) is 13.2 Å². The Labute approximate surface area is 137 Å². The van der Waals surface area contributed by atoms with Crippen LogP contribution in [-0.2, 0) is 17.9 Å². The van der Waals surface area contributed by atoms with Gasteiger partial charge in [-0.3, -0.25) is 0 Å². The summed E-state index contributed by atoms with van der Waals surface area (Å²) < 4.78 is 23.0. The van der Waals surface area contributed by atoms with Gasteiger partial charge in [0.15, 0.2) is 0 Å². The van der Waals surface area contributed by atoms with Crippen LogP contribution in [0.25, 0.3) is 11.4 Å². The fraction of sp³-hybridized carbons (Fsp3) is 0.118. The summed E-state index contributed by atoms with van der Waals surface area (Å²) in [6, 6.07) is 15.1. The van der Waals surface area contributed by atoms with Crippen molar-refractivity contribution < 1.29 is 18.4 Å². The summed E-state index contributed by atoms with van der Waals surface area (Å²) in [5, 5.41) is 6.31. The zero-order chi connectivity index (χ0) is 16.8. The van der Waals surface area contributed by atoms with E-state index in [1.165, 1.54) is 12.1 Å². The molecule has 0 aliphatic carbocycles. The number of carbonyl (C=O) groups is 1. The van der Waals surface area contributed by atoms with Crippen LogP contribution in [0.15, 0.2) is 59.1 Å². The van der Waals surface area contributed by atoms with Gasteiger partial charge in [0.1, 0.15) is 19.0 Å². The predicted molar refractivity (Wildman–Crippen MR) is 83.2 cm³/mol. The molecule has 3 rings (SSSR count). The molecule has 0 bridgehead atoms. The second-order valence-corrected chi connectivity index (χ2v) is 4.93. The van der Waals surface area contributed by atoms with E-state index < -0.39 is 6.09 Å². The first-order valence-corrected chi connectivity index (χ1v) is 7.24. The van der Waals surface area contributed by atoms with Gasteiger partial charge in [-0.15, -0.1) is 0 Å². The molecule has 2 aromatic carbocycles. The van der Waals surface area contributed by atoms with E-state index in [-0.39, 0.29) is 24.9 Å². The minimum atomic E-state index is -0.583. The van der Waals surface area contributed by atoms with Gasteiger partial charge >= 0.3 is 6.09 Å². The van der Waals surface area contributed by atoms with E-state index in [0.717, 1.165) is 5.56 Å². The zero-order valence-electron chi connectivity index (χ0n) is 12.6. The van der Waals surface area contributed by atoms with Crippen molar-refractivity contribution >= 4 is 6.09 Å². The number of benzene rings is 2. The van der Waals surface area contributed by atoms with E-state index >= 15 is 0 Å². The molecule has 0 fully saturated rings. The average Bonchev–Trinajstić information content (AvgIpc) is 3.09. The topological polar surface area (TPSA) is 77.3 Å². The standard InChI is InChI=1S/C17H14FN3O3/c18-14-8-6-13(7-9-14)16-20-15(24-21-16)10-19-17(22)23-11-12-4-2-1-3-5-12/h1-9H,10-11H2,(H,19,22). The highest BCUT2D eigenvalue weighted by atomic mass is 19.1. The molecule has 1 heterocycles. The Kier molecular flexibility index (Phi) is 4.81. The molecular weight excluding hydrogens is 313 g/mol. The molecule has 6 nitrogen and oxygen atoms in total. The molecule has 3 aromatic rings. The number of nitrogens with one attached hydrogen (secondary N) is 1. The molecule has 0 aliphatic heterocycles. The van der Waals surface area contributed by atoms with E-state index in [0.29, 0.717) is 11.4 Å². The molecule has 0 unspecified atom stereocenters. The number of hydrogen-bond donors (Lipinski definition) is 1. The molecule has 24 heavy (non-hydrogen) atoms. The summed E-state index contributed by atoms with van der Waals surface area (Å²) in [6.07, 6.45) is -0.583. The fourth-order valence-electron chi connectivity index (χ4n) is 1.96. The van der Waals surface area contributed by atoms with E-state index in [2.05, 4.69) is 15.5 Å². The minimum Gasteiger partial charge on any atom is -0.445 e. The summed E-state index contributed by atoms with van der Waals surface area (Å²) >= 11 is 0. The number of alkyl carbamates (subject to hydrolysis) is 1. The third-order valence-corrected chi connectivity index (χ3v) is 3.17. The van der Waals surface area contributed by atoms with Crippen LogP contribution in [-0.4, -0.2) is 16.2 Å². The smallest absolute Gasteiger partial charge is 0.407 e. The monoisotopic (exact) mass is 327 g/mol. The van der Waals surface area contributed by atoms with Gasteiger partial charge in [-0.1, -0.05) is 35.5 Å². The third-order valence-electron chi connectivity index (χ3n) is 3.17. The molecule has 7 heteroatoms. The first kappa shape index (κ1) is 15.7. The van der Waals surface area contributed by atoms with E-state index in [1.807, 2.05) is 30.3 Å². The Bertz CT molecular complexity index is 803. The van der Waals surface area contributed by atoms with Crippen LogP contribution in [0.3, 0.4) is 0 Å². The van der Waals surface area contributed by atoms with Gasteiger partial charge < -0.3 is 14.6 Å². The summed E-state index contributed by atoms with van der Waals surface area (Å²) in [6.45, 7) is 0.221. The number of carbonyl (C=O) groups excluding carboxylic acids is 1. The van der Waals surface area contributed by atoms with Gasteiger partial charge in [0.05, 0.1) is 0 Å². The summed E-state index contributed by atoms with van der Waals surface area (Å²) in [5.41, 5.74) is 1.52. The highest BCUT2D eigenvalue weighted by Crippen LogP contribution is 2.15. The van der Waals surface area contributed by atoms with Crippen LogP contribution in [0.1, 0.15) is 11.5 Å². The summed E-state index contributed by atoms with van der Waals surface area (Å²) in [5.74, 6) is 0.209. The molecule has 0 saturated heterocycles. The Morgan fingerprint density at radius 3 is 2.62 bits per heavy atom. The lowest BCUT2D eigenvalue weighted by molar-refractivity contribution is 0.138. The molecule has 0 atom stereocenters. The third kappa shape index (κ3) is 4.16. The molecule has 0 spiro atoms. The van der Waals surface area contributed by atoms with Gasteiger partial charge in [-0.2, -0.15) is 4.98 Å². The Morgan fingerprint density at radius 1 is 1.12 bits per heavy atom. The van der Waals surface area contributed by atoms with Crippen molar-refractivity contribution in [2.24, 2.45) is 0 Å². The molecule has 0 aliphatic rings. The summed E-state index contributed by atoms with van der Waals surface area (Å²) in [4.78, 5) is 15.8. The maximum Gasteiger partial charge on any atom is 0.407 e. The molecule has 0 radical (unpaired) electrons. The summed E-state index contributed by atoms with van der Waals surface area (Å²) in [7, 11) is 0. The van der Waals surface area contributed by atoms with Crippen LogP contribution in [0.5, 0.6) is 0 Å². The maximum atomic E-state index is 12.9. The van der Waals surface area contributed by atoms with Gasteiger partial charge in [0, 0.05) is 5.56 Å². The molecule has 0 saturated carbocycles. The number of rotatable bonds is 5. The highest BCUT2D eigenvalue weighted by Gasteiger charge is 2.10. The lowest BCUT2D eigenvalue weighted by Crippen LogP contribution is -2.23. The van der Waals surface area contributed by atoms with E-state index in [4.69, 9.17) is 9.26 Å². The van der Waals surface area contributed by atoms with Gasteiger partial charge in [-0.25, -0.2) is 9.18 Å². The molecule has 1 N–H and O–H groups in total. The van der Waals surface area contributed by atoms with Gasteiger partial charge in [0.2, 0.25) is 11.7 Å². The second-order valence-electron chi connectivity index (χ2n) is 4.93. The van der Waals surface area contributed by atoms with Crippen LogP contribution >= 0.6 is 0 Å². The quantitative estimate of drug-likeness (QED) is 0.778. The average molecular weight is 327 g/mol. The number of halogens is 1. The Hall–Kier alpha value is -3.22. The fourth-order valence-corrected chi connectivity index (χ4v) is 1.96. The van der Waals surface area contributed by atoms with Crippen molar-refractivity contribution in [3.05, 3.63) is 71.9 Å². The van der Waals surface area contributed by atoms with Gasteiger partial charge in [-0.05, 0) is 29.8 Å². The molecular formula is C17H14FN3O3. The van der Waals surface area contributed by atoms with Crippen molar-refractivity contribution in [1.29, 1.82) is 0 Å². The predicted octanol–water partition coefficient (Wildman–Crippen LogP) is 3.30. The maximum absolute atomic E-state index is 12.9. The first-order valence-electron chi connectivity index (χ1n) is 7.24. The SMILES string of the molecule is O=C(NCc1nc(-c2ccc(F)cc2)no1)OCc1ccccc1. The largest absolute Gasteiger partial charge is 0.445 e. The number of amides is 1. The number of hydrogen-bond acceptors (Lipinski definition) is 5. The minimum absolute atomic E-state index is 0.0435. The van der Waals surface area contributed by atoms with Crippen LogP contribution in [0.2, 0.25) is 0 Å².